The Morgan fingerprint density at radius 2 is 2.05 bits per heavy atom. The lowest BCUT2D eigenvalue weighted by atomic mass is 10.2. The van der Waals surface area contributed by atoms with Gasteiger partial charge < -0.3 is 19.9 Å². The van der Waals surface area contributed by atoms with Gasteiger partial charge in [0.05, 0.1) is 13.1 Å². The fraction of sp³-hybridized carbons (Fsp3) is 0.375. The molecule has 0 saturated carbocycles. The van der Waals surface area contributed by atoms with Crippen LogP contribution in [0.3, 0.4) is 0 Å². The molecule has 22 heavy (non-hydrogen) atoms. The highest BCUT2D eigenvalue weighted by Crippen LogP contribution is 2.10. The Balaban J connectivity index is 1.74. The average Bonchev–Trinajstić information content (AvgIpc) is 3.04. The van der Waals surface area contributed by atoms with Gasteiger partial charge in [-0.1, -0.05) is 22.9 Å². The van der Waals surface area contributed by atoms with E-state index in [4.69, 9.17) is 9.26 Å². The van der Waals surface area contributed by atoms with Gasteiger partial charge in [-0.3, -0.25) is 0 Å². The minimum absolute atomic E-state index is 0.477. The van der Waals surface area contributed by atoms with Crippen molar-refractivity contribution in [3.05, 3.63) is 47.9 Å². The van der Waals surface area contributed by atoms with E-state index < -0.39 is 0 Å². The third-order valence-corrected chi connectivity index (χ3v) is 2.92. The summed E-state index contributed by atoms with van der Waals surface area (Å²) in [7, 11) is 0. The highest BCUT2D eigenvalue weighted by molar-refractivity contribution is 5.79. The number of ether oxygens (including phenoxy) is 1. The molecule has 1 aromatic heterocycles. The second-order valence-corrected chi connectivity index (χ2v) is 4.77. The summed E-state index contributed by atoms with van der Waals surface area (Å²) < 4.78 is 10.4. The van der Waals surface area contributed by atoms with Crippen molar-refractivity contribution in [1.29, 1.82) is 0 Å². The summed E-state index contributed by atoms with van der Waals surface area (Å²) in [6.07, 6.45) is 1.54. The molecule has 118 valence electrons. The van der Waals surface area contributed by atoms with Crippen LogP contribution >= 0.6 is 0 Å². The fourth-order valence-corrected chi connectivity index (χ4v) is 1.79. The first kappa shape index (κ1) is 15.9. The van der Waals surface area contributed by atoms with Crippen LogP contribution in [0.15, 0.2) is 46.1 Å². The Morgan fingerprint density at radius 3 is 2.73 bits per heavy atom. The van der Waals surface area contributed by atoms with Gasteiger partial charge in [0.2, 0.25) is 0 Å². The van der Waals surface area contributed by atoms with Crippen molar-refractivity contribution < 1.29 is 9.26 Å². The van der Waals surface area contributed by atoms with Gasteiger partial charge in [-0.25, -0.2) is 4.99 Å². The van der Waals surface area contributed by atoms with Crippen molar-refractivity contribution in [1.82, 2.24) is 15.8 Å². The van der Waals surface area contributed by atoms with Crippen LogP contribution in [-0.2, 0) is 6.54 Å². The lowest BCUT2D eigenvalue weighted by molar-refractivity contribution is 0.322. The highest BCUT2D eigenvalue weighted by atomic mass is 16.5. The maximum atomic E-state index is 5.67. The minimum atomic E-state index is 0.477. The van der Waals surface area contributed by atoms with Gasteiger partial charge in [0.1, 0.15) is 24.3 Å². The maximum Gasteiger partial charge on any atom is 0.191 e. The average molecular weight is 302 g/mol. The molecule has 0 aliphatic heterocycles. The molecule has 0 spiro atoms. The SMILES string of the molecule is CCNC(=NCc1ccon1)NCCOc1ccc(C)cc1. The number of hydrogen-bond donors (Lipinski definition) is 2. The predicted molar refractivity (Wildman–Crippen MR) is 86.0 cm³/mol. The molecule has 0 bridgehead atoms. The summed E-state index contributed by atoms with van der Waals surface area (Å²) in [6, 6.07) is 9.81. The summed E-state index contributed by atoms with van der Waals surface area (Å²) >= 11 is 0. The van der Waals surface area contributed by atoms with Crippen molar-refractivity contribution in [2.24, 2.45) is 4.99 Å². The Kier molecular flexibility index (Phi) is 6.29. The molecule has 2 rings (SSSR count). The number of benzene rings is 1. The first-order chi connectivity index (χ1) is 10.8. The highest BCUT2D eigenvalue weighted by Gasteiger charge is 1.99. The van der Waals surface area contributed by atoms with Gasteiger partial charge in [0, 0.05) is 12.6 Å². The predicted octanol–water partition coefficient (Wildman–Crippen LogP) is 2.12. The van der Waals surface area contributed by atoms with Crippen molar-refractivity contribution in [2.45, 2.75) is 20.4 Å². The molecule has 0 aliphatic carbocycles. The molecule has 0 fully saturated rings. The lowest BCUT2D eigenvalue weighted by Crippen LogP contribution is -2.39. The number of rotatable bonds is 7. The van der Waals surface area contributed by atoms with Crippen LogP contribution in [-0.4, -0.2) is 30.8 Å². The summed E-state index contributed by atoms with van der Waals surface area (Å²) in [6.45, 7) is 6.58. The quantitative estimate of drug-likeness (QED) is 0.466. The van der Waals surface area contributed by atoms with E-state index in [0.717, 1.165) is 23.9 Å². The molecule has 0 radical (unpaired) electrons. The van der Waals surface area contributed by atoms with Crippen molar-refractivity contribution >= 4 is 5.96 Å². The van der Waals surface area contributed by atoms with Crippen LogP contribution in [0.4, 0.5) is 0 Å². The number of aryl methyl sites for hydroxylation is 1. The van der Waals surface area contributed by atoms with Gasteiger partial charge >= 0.3 is 0 Å². The van der Waals surface area contributed by atoms with Crippen molar-refractivity contribution in [3.63, 3.8) is 0 Å². The number of nitrogens with one attached hydrogen (secondary N) is 2. The molecule has 0 amide bonds. The van der Waals surface area contributed by atoms with E-state index in [1.165, 1.54) is 5.56 Å². The number of nitrogens with zero attached hydrogens (tertiary/aromatic N) is 2. The first-order valence-corrected chi connectivity index (χ1v) is 7.39. The Labute approximate surface area is 130 Å². The molecule has 2 aromatic rings. The molecule has 0 atom stereocenters. The number of aromatic nitrogens is 1. The van der Waals surface area contributed by atoms with Crippen LogP contribution in [0.2, 0.25) is 0 Å². The zero-order valence-electron chi connectivity index (χ0n) is 13.0. The molecule has 0 saturated heterocycles. The van der Waals surface area contributed by atoms with Crippen LogP contribution < -0.4 is 15.4 Å². The van der Waals surface area contributed by atoms with E-state index >= 15 is 0 Å². The van der Waals surface area contributed by atoms with Crippen molar-refractivity contribution in [2.75, 3.05) is 19.7 Å². The van der Waals surface area contributed by atoms with Crippen molar-refractivity contribution in [3.8, 4) is 5.75 Å². The van der Waals surface area contributed by atoms with E-state index in [9.17, 15) is 0 Å². The maximum absolute atomic E-state index is 5.67. The molecular formula is C16H22N4O2. The number of hydrogen-bond acceptors (Lipinski definition) is 4. The molecule has 1 heterocycles. The zero-order valence-corrected chi connectivity index (χ0v) is 13.0. The van der Waals surface area contributed by atoms with Crippen LogP contribution in [0.1, 0.15) is 18.2 Å². The standard InChI is InChI=1S/C16H22N4O2/c1-3-17-16(19-12-14-8-10-22-20-14)18-9-11-21-15-6-4-13(2)5-7-15/h4-8,10H,3,9,11-12H2,1-2H3,(H2,17,18,19). The van der Waals surface area contributed by atoms with E-state index in [0.29, 0.717) is 19.7 Å². The first-order valence-electron chi connectivity index (χ1n) is 7.39. The monoisotopic (exact) mass is 302 g/mol. The smallest absolute Gasteiger partial charge is 0.191 e. The Morgan fingerprint density at radius 1 is 1.23 bits per heavy atom. The molecule has 6 nitrogen and oxygen atoms in total. The van der Waals surface area contributed by atoms with Crippen LogP contribution in [0.25, 0.3) is 0 Å². The van der Waals surface area contributed by atoms with Gasteiger partial charge in [0.25, 0.3) is 0 Å². The normalized spacial score (nSPS) is 11.3. The summed E-state index contributed by atoms with van der Waals surface area (Å²) in [5.41, 5.74) is 2.02. The third-order valence-electron chi connectivity index (χ3n) is 2.92. The summed E-state index contributed by atoms with van der Waals surface area (Å²) in [5, 5.41) is 10.2. The second kappa shape index (κ2) is 8.71. The molecule has 0 aliphatic rings. The summed E-state index contributed by atoms with van der Waals surface area (Å²) in [4.78, 5) is 4.43. The third kappa shape index (κ3) is 5.47. The van der Waals surface area contributed by atoms with Gasteiger partial charge in [0.15, 0.2) is 5.96 Å². The number of aliphatic imine (C=N–C) groups is 1. The second-order valence-electron chi connectivity index (χ2n) is 4.77. The fourth-order valence-electron chi connectivity index (χ4n) is 1.79. The molecule has 6 heteroatoms. The molecule has 0 unspecified atom stereocenters. The van der Waals surface area contributed by atoms with Crippen LogP contribution in [0.5, 0.6) is 5.75 Å². The summed E-state index contributed by atoms with van der Waals surface area (Å²) in [5.74, 6) is 1.61. The lowest BCUT2D eigenvalue weighted by Gasteiger charge is -2.11. The van der Waals surface area contributed by atoms with Gasteiger partial charge in [-0.15, -0.1) is 0 Å². The minimum Gasteiger partial charge on any atom is -0.492 e. The topological polar surface area (TPSA) is 71.7 Å². The Bertz CT molecular complexity index is 564. The van der Waals surface area contributed by atoms with E-state index in [1.807, 2.05) is 31.2 Å². The van der Waals surface area contributed by atoms with Gasteiger partial charge in [-0.05, 0) is 26.0 Å². The van der Waals surface area contributed by atoms with E-state index in [2.05, 4.69) is 27.7 Å². The molecule has 1 aromatic carbocycles. The van der Waals surface area contributed by atoms with E-state index in [-0.39, 0.29) is 0 Å². The molecular weight excluding hydrogens is 280 g/mol. The largest absolute Gasteiger partial charge is 0.492 e. The Hall–Kier alpha value is -2.50. The van der Waals surface area contributed by atoms with E-state index in [1.54, 1.807) is 12.3 Å². The molecule has 2 N–H and O–H groups in total. The number of guanidine groups is 1. The zero-order chi connectivity index (χ0) is 15.6. The van der Waals surface area contributed by atoms with Gasteiger partial charge in [-0.2, -0.15) is 0 Å². The van der Waals surface area contributed by atoms with Crippen LogP contribution in [0, 0.1) is 6.92 Å².